The number of hydrogen-bond donors (Lipinski definition) is 2. The summed E-state index contributed by atoms with van der Waals surface area (Å²) in [6.45, 7) is 0.799. The number of halogens is 1. The Bertz CT molecular complexity index is 1370. The number of Topliss-reactive ketones (excluding diaryl/α,β-unsaturated/α-hetero) is 1. The third-order valence-corrected chi connectivity index (χ3v) is 7.79. The lowest BCUT2D eigenvalue weighted by atomic mass is 9.97. The van der Waals surface area contributed by atoms with Gasteiger partial charge in [0, 0.05) is 24.6 Å². The Morgan fingerprint density at radius 2 is 1.79 bits per heavy atom. The molecular formula is C28H29FN2O6S. The number of benzene rings is 3. The fourth-order valence-corrected chi connectivity index (χ4v) is 5.62. The van der Waals surface area contributed by atoms with Crippen LogP contribution in [0.3, 0.4) is 0 Å². The molecule has 3 aromatic carbocycles. The van der Waals surface area contributed by atoms with Crippen LogP contribution in [0, 0.1) is 5.82 Å². The number of methoxy groups -OCH3 is 1. The summed E-state index contributed by atoms with van der Waals surface area (Å²) < 4.78 is 52.3. The first-order valence-electron chi connectivity index (χ1n) is 12.2. The van der Waals surface area contributed by atoms with Crippen molar-refractivity contribution in [3.63, 3.8) is 0 Å². The van der Waals surface area contributed by atoms with Crippen molar-refractivity contribution < 1.29 is 31.9 Å². The lowest BCUT2D eigenvalue weighted by molar-refractivity contribution is -0.120. The van der Waals surface area contributed by atoms with Gasteiger partial charge in [0.1, 0.15) is 16.5 Å². The topological polar surface area (TPSA) is 111 Å². The van der Waals surface area contributed by atoms with Crippen molar-refractivity contribution in [3.05, 3.63) is 95.3 Å². The lowest BCUT2D eigenvalue weighted by Crippen LogP contribution is -2.43. The lowest BCUT2D eigenvalue weighted by Gasteiger charge is -2.19. The van der Waals surface area contributed by atoms with Crippen molar-refractivity contribution in [2.75, 3.05) is 20.3 Å². The molecule has 0 aromatic heterocycles. The first-order chi connectivity index (χ1) is 18.2. The molecular weight excluding hydrogens is 511 g/mol. The van der Waals surface area contributed by atoms with E-state index in [4.69, 9.17) is 9.47 Å². The Labute approximate surface area is 221 Å². The summed E-state index contributed by atoms with van der Waals surface area (Å²) in [5, 5.41) is 2.77. The minimum Gasteiger partial charge on any atom is -0.495 e. The summed E-state index contributed by atoms with van der Waals surface area (Å²) in [7, 11) is -2.50. The highest BCUT2D eigenvalue weighted by Gasteiger charge is 2.27. The third-order valence-electron chi connectivity index (χ3n) is 6.23. The number of rotatable bonds is 11. The van der Waals surface area contributed by atoms with E-state index in [1.165, 1.54) is 43.5 Å². The van der Waals surface area contributed by atoms with Crippen LogP contribution in [-0.4, -0.2) is 52.5 Å². The molecule has 0 aliphatic carbocycles. The molecule has 0 unspecified atom stereocenters. The van der Waals surface area contributed by atoms with Crippen molar-refractivity contribution in [2.24, 2.45) is 0 Å². The predicted octanol–water partition coefficient (Wildman–Crippen LogP) is 3.05. The molecule has 1 heterocycles. The van der Waals surface area contributed by atoms with Crippen molar-refractivity contribution in [1.29, 1.82) is 0 Å². The fourth-order valence-electron chi connectivity index (χ4n) is 4.22. The molecule has 0 saturated carbocycles. The van der Waals surface area contributed by atoms with Gasteiger partial charge in [0.05, 0.1) is 19.8 Å². The maximum atomic E-state index is 13.4. The summed E-state index contributed by atoms with van der Waals surface area (Å²) in [6.07, 6.45) is 0.770. The average molecular weight is 541 g/mol. The first kappa shape index (κ1) is 27.4. The van der Waals surface area contributed by atoms with Crippen molar-refractivity contribution in [1.82, 2.24) is 10.0 Å². The molecule has 0 spiro atoms. The Hall–Kier alpha value is -3.60. The van der Waals surface area contributed by atoms with E-state index in [1.807, 2.05) is 30.3 Å². The number of carbonyl (C=O) groups is 2. The van der Waals surface area contributed by atoms with Gasteiger partial charge in [0.25, 0.3) is 5.91 Å². The van der Waals surface area contributed by atoms with Crippen LogP contribution in [0.4, 0.5) is 4.39 Å². The molecule has 2 N–H and O–H groups in total. The largest absolute Gasteiger partial charge is 0.495 e. The standard InChI is InChI=1S/C28H29FN2O6S/c1-36-26-17-20(7-12-27(26)38(34,35)31-23-13-14-37-18-23)16-25(32)24(15-19-5-3-2-4-6-19)30-28(33)21-8-10-22(29)11-9-21/h2-12,17,23-24,31H,13-16,18H2,1H3,(H,30,33)/t23-,24-/m0/s1. The number of ether oxygens (including phenoxy) is 2. The molecule has 8 nitrogen and oxygen atoms in total. The Kier molecular flexibility index (Phi) is 8.88. The predicted molar refractivity (Wildman–Crippen MR) is 139 cm³/mol. The maximum absolute atomic E-state index is 13.4. The molecule has 1 aliphatic heterocycles. The van der Waals surface area contributed by atoms with Gasteiger partial charge in [-0.1, -0.05) is 36.4 Å². The Balaban J connectivity index is 1.53. The minimum atomic E-state index is -3.86. The second kappa shape index (κ2) is 12.3. The van der Waals surface area contributed by atoms with Gasteiger partial charge in [-0.2, -0.15) is 0 Å². The normalized spacial score (nSPS) is 16.1. The fraction of sp³-hybridized carbons (Fsp3) is 0.286. The second-order valence-electron chi connectivity index (χ2n) is 9.03. The van der Waals surface area contributed by atoms with Gasteiger partial charge in [0.2, 0.25) is 10.0 Å². The molecule has 1 amide bonds. The SMILES string of the molecule is COc1cc(CC(=O)[C@H](Cc2ccccc2)NC(=O)c2ccc(F)cc2)ccc1S(=O)(=O)N[C@H]1CCOC1. The third kappa shape index (κ3) is 7.03. The van der Waals surface area contributed by atoms with Crippen LogP contribution in [0.15, 0.2) is 77.7 Å². The van der Waals surface area contributed by atoms with E-state index < -0.39 is 27.8 Å². The van der Waals surface area contributed by atoms with E-state index in [2.05, 4.69) is 10.0 Å². The van der Waals surface area contributed by atoms with E-state index in [9.17, 15) is 22.4 Å². The van der Waals surface area contributed by atoms with Gasteiger partial charge in [-0.25, -0.2) is 17.5 Å². The second-order valence-corrected chi connectivity index (χ2v) is 10.7. The number of hydrogen-bond acceptors (Lipinski definition) is 6. The highest BCUT2D eigenvalue weighted by molar-refractivity contribution is 7.89. The molecule has 1 saturated heterocycles. The molecule has 38 heavy (non-hydrogen) atoms. The number of nitrogens with one attached hydrogen (secondary N) is 2. The molecule has 4 rings (SSSR count). The molecule has 200 valence electrons. The number of amides is 1. The van der Waals surface area contributed by atoms with E-state index in [0.29, 0.717) is 25.2 Å². The molecule has 1 aliphatic rings. The van der Waals surface area contributed by atoms with E-state index in [1.54, 1.807) is 6.07 Å². The summed E-state index contributed by atoms with van der Waals surface area (Å²) in [4.78, 5) is 26.2. The van der Waals surface area contributed by atoms with E-state index >= 15 is 0 Å². The quantitative estimate of drug-likeness (QED) is 0.387. The summed E-state index contributed by atoms with van der Waals surface area (Å²) >= 11 is 0. The molecule has 0 bridgehead atoms. The maximum Gasteiger partial charge on any atom is 0.251 e. The zero-order valence-electron chi connectivity index (χ0n) is 20.9. The molecule has 2 atom stereocenters. The van der Waals surface area contributed by atoms with Crippen molar-refractivity contribution in [2.45, 2.75) is 36.2 Å². The molecule has 10 heteroatoms. The van der Waals surface area contributed by atoms with Crippen LogP contribution >= 0.6 is 0 Å². The van der Waals surface area contributed by atoms with Gasteiger partial charge in [-0.3, -0.25) is 9.59 Å². The summed E-state index contributed by atoms with van der Waals surface area (Å²) in [6, 6.07) is 17.6. The van der Waals surface area contributed by atoms with E-state index in [-0.39, 0.29) is 40.9 Å². The average Bonchev–Trinajstić information content (AvgIpc) is 3.41. The Morgan fingerprint density at radius 1 is 1.05 bits per heavy atom. The van der Waals surface area contributed by atoms with Crippen LogP contribution in [-0.2, 0) is 32.4 Å². The summed E-state index contributed by atoms with van der Waals surface area (Å²) in [5.74, 6) is -1.13. The summed E-state index contributed by atoms with van der Waals surface area (Å²) in [5.41, 5.74) is 1.61. The number of sulfonamides is 1. The van der Waals surface area contributed by atoms with Gasteiger partial charge < -0.3 is 14.8 Å². The number of ketones is 1. The highest BCUT2D eigenvalue weighted by atomic mass is 32.2. The monoisotopic (exact) mass is 540 g/mol. The molecule has 1 fully saturated rings. The molecule has 3 aromatic rings. The molecule has 0 radical (unpaired) electrons. The van der Waals surface area contributed by atoms with E-state index in [0.717, 1.165) is 5.56 Å². The smallest absolute Gasteiger partial charge is 0.251 e. The van der Waals surface area contributed by atoms with Crippen LogP contribution in [0.1, 0.15) is 27.9 Å². The minimum absolute atomic E-state index is 0.0338. The van der Waals surface area contributed by atoms with Gasteiger partial charge in [0.15, 0.2) is 5.78 Å². The van der Waals surface area contributed by atoms with Crippen LogP contribution in [0.25, 0.3) is 0 Å². The Morgan fingerprint density at radius 3 is 2.45 bits per heavy atom. The van der Waals surface area contributed by atoms with Gasteiger partial charge in [-0.15, -0.1) is 0 Å². The van der Waals surface area contributed by atoms with Gasteiger partial charge in [-0.05, 0) is 60.4 Å². The van der Waals surface area contributed by atoms with Crippen LogP contribution < -0.4 is 14.8 Å². The number of carbonyl (C=O) groups excluding carboxylic acids is 2. The highest BCUT2D eigenvalue weighted by Crippen LogP contribution is 2.26. The van der Waals surface area contributed by atoms with Gasteiger partial charge >= 0.3 is 0 Å². The van der Waals surface area contributed by atoms with Crippen LogP contribution in [0.5, 0.6) is 5.75 Å². The first-order valence-corrected chi connectivity index (χ1v) is 13.6. The van der Waals surface area contributed by atoms with Crippen LogP contribution in [0.2, 0.25) is 0 Å². The van der Waals surface area contributed by atoms with Crippen molar-refractivity contribution >= 4 is 21.7 Å². The zero-order valence-corrected chi connectivity index (χ0v) is 21.7. The van der Waals surface area contributed by atoms with Crippen molar-refractivity contribution in [3.8, 4) is 5.75 Å². The zero-order chi connectivity index (χ0) is 27.1.